The topological polar surface area (TPSA) is 78.5 Å². The Kier molecular flexibility index (Phi) is 6.72. The van der Waals surface area contributed by atoms with Gasteiger partial charge in [0.05, 0.1) is 6.04 Å². The number of urea groups is 1. The summed E-state index contributed by atoms with van der Waals surface area (Å²) in [4.78, 5) is 39.7. The van der Waals surface area contributed by atoms with E-state index in [1.54, 1.807) is 6.92 Å². The molecule has 0 saturated carbocycles. The average Bonchev–Trinajstić information content (AvgIpc) is 3.08. The van der Waals surface area contributed by atoms with Crippen LogP contribution in [0.1, 0.15) is 57.4 Å². The number of hydrogen-bond donors (Lipinski definition) is 2. The van der Waals surface area contributed by atoms with E-state index in [-0.39, 0.29) is 18.0 Å². The minimum absolute atomic E-state index is 0.0228. The second-order valence-corrected chi connectivity index (χ2v) is 10.6. The Morgan fingerprint density at radius 1 is 0.917 bits per heavy atom. The largest absolute Gasteiger partial charge is 0.348 e. The fourth-order valence-electron chi connectivity index (χ4n) is 4.45. The van der Waals surface area contributed by atoms with Crippen LogP contribution >= 0.6 is 0 Å². The van der Waals surface area contributed by atoms with Crippen molar-refractivity contribution < 1.29 is 14.4 Å². The van der Waals surface area contributed by atoms with Gasteiger partial charge < -0.3 is 10.6 Å². The van der Waals surface area contributed by atoms with Crippen LogP contribution in [-0.2, 0) is 20.5 Å². The molecule has 0 aromatic heterocycles. The Hall–Kier alpha value is -3.93. The molecule has 4 amide bonds. The maximum atomic E-state index is 13.2. The van der Waals surface area contributed by atoms with Crippen molar-refractivity contribution in [2.45, 2.75) is 51.6 Å². The zero-order valence-corrected chi connectivity index (χ0v) is 21.5. The number of nitrogens with zero attached hydrogens (tertiary/aromatic N) is 1. The summed E-state index contributed by atoms with van der Waals surface area (Å²) in [5.74, 6) is -0.837. The minimum Gasteiger partial charge on any atom is -0.348 e. The molecule has 186 valence electrons. The van der Waals surface area contributed by atoms with Gasteiger partial charge in [0.15, 0.2) is 0 Å². The quantitative estimate of drug-likeness (QED) is 0.467. The van der Waals surface area contributed by atoms with Crippen LogP contribution in [0.4, 0.5) is 4.79 Å². The standard InChI is InChI=1S/C30H33N3O3/c1-20(21-11-13-23(14-12-21)22-9-7-6-8-10-22)31-26(34)19-33-27(35)30(5,32-28(33)36)25-17-15-24(16-18-25)29(2,3)4/h6-18,20H,19H2,1-5H3,(H,31,34)(H,32,36)/t20-,30+/m0/s1. The van der Waals surface area contributed by atoms with E-state index < -0.39 is 23.4 Å². The Bertz CT molecular complexity index is 1260. The summed E-state index contributed by atoms with van der Waals surface area (Å²) < 4.78 is 0. The minimum atomic E-state index is -1.22. The van der Waals surface area contributed by atoms with Crippen molar-refractivity contribution in [3.05, 3.63) is 95.6 Å². The highest BCUT2D eigenvalue weighted by Crippen LogP contribution is 2.31. The van der Waals surface area contributed by atoms with Gasteiger partial charge in [-0.25, -0.2) is 4.79 Å². The lowest BCUT2D eigenvalue weighted by atomic mass is 9.84. The molecule has 6 nitrogen and oxygen atoms in total. The van der Waals surface area contributed by atoms with Crippen LogP contribution in [0.25, 0.3) is 11.1 Å². The highest BCUT2D eigenvalue weighted by Gasteiger charge is 2.49. The molecule has 0 unspecified atom stereocenters. The number of nitrogens with one attached hydrogen (secondary N) is 2. The molecule has 1 aliphatic heterocycles. The molecule has 0 radical (unpaired) electrons. The molecule has 1 fully saturated rings. The fourth-order valence-corrected chi connectivity index (χ4v) is 4.45. The zero-order chi connectivity index (χ0) is 26.1. The SMILES string of the molecule is C[C@H](NC(=O)CN1C(=O)N[C@](C)(c2ccc(C(C)(C)C)cc2)C1=O)c1ccc(-c2ccccc2)cc1. The maximum absolute atomic E-state index is 13.2. The van der Waals surface area contributed by atoms with Crippen molar-refractivity contribution in [1.82, 2.24) is 15.5 Å². The van der Waals surface area contributed by atoms with Crippen molar-refractivity contribution in [2.24, 2.45) is 0 Å². The van der Waals surface area contributed by atoms with Gasteiger partial charge in [-0.3, -0.25) is 14.5 Å². The molecule has 2 atom stereocenters. The summed E-state index contributed by atoms with van der Waals surface area (Å²) in [5.41, 5.74) is 3.72. The van der Waals surface area contributed by atoms with Gasteiger partial charge in [0.2, 0.25) is 5.91 Å². The van der Waals surface area contributed by atoms with Gasteiger partial charge in [-0.05, 0) is 47.1 Å². The summed E-state index contributed by atoms with van der Waals surface area (Å²) in [6.45, 7) is 9.56. The summed E-state index contributed by atoms with van der Waals surface area (Å²) in [6.07, 6.45) is 0. The van der Waals surface area contributed by atoms with Gasteiger partial charge in [0, 0.05) is 0 Å². The van der Waals surface area contributed by atoms with Crippen LogP contribution < -0.4 is 10.6 Å². The molecular formula is C30H33N3O3. The van der Waals surface area contributed by atoms with Gasteiger partial charge in [-0.2, -0.15) is 0 Å². The van der Waals surface area contributed by atoms with E-state index in [4.69, 9.17) is 0 Å². The van der Waals surface area contributed by atoms with Gasteiger partial charge in [-0.15, -0.1) is 0 Å². The molecule has 36 heavy (non-hydrogen) atoms. The van der Waals surface area contributed by atoms with E-state index in [0.29, 0.717) is 5.56 Å². The predicted molar refractivity (Wildman–Crippen MR) is 141 cm³/mol. The number of hydrogen-bond acceptors (Lipinski definition) is 3. The number of rotatable bonds is 6. The smallest absolute Gasteiger partial charge is 0.325 e. The van der Waals surface area contributed by atoms with Crippen LogP contribution in [-0.4, -0.2) is 29.3 Å². The van der Waals surface area contributed by atoms with Crippen molar-refractivity contribution in [3.63, 3.8) is 0 Å². The molecule has 0 aliphatic carbocycles. The van der Waals surface area contributed by atoms with Gasteiger partial charge in [-0.1, -0.05) is 99.6 Å². The first-order valence-electron chi connectivity index (χ1n) is 12.2. The molecule has 1 heterocycles. The second kappa shape index (κ2) is 9.61. The Balaban J connectivity index is 1.41. The third kappa shape index (κ3) is 5.03. The molecule has 0 bridgehead atoms. The monoisotopic (exact) mass is 483 g/mol. The molecule has 1 saturated heterocycles. The van der Waals surface area contributed by atoms with Crippen LogP contribution in [0.2, 0.25) is 0 Å². The average molecular weight is 484 g/mol. The van der Waals surface area contributed by atoms with E-state index >= 15 is 0 Å². The lowest BCUT2D eigenvalue weighted by molar-refractivity contribution is -0.135. The first kappa shape index (κ1) is 25.2. The summed E-state index contributed by atoms with van der Waals surface area (Å²) in [5, 5.41) is 5.68. The molecule has 3 aromatic carbocycles. The highest BCUT2D eigenvalue weighted by atomic mass is 16.2. The maximum Gasteiger partial charge on any atom is 0.325 e. The third-order valence-electron chi connectivity index (χ3n) is 6.80. The second-order valence-electron chi connectivity index (χ2n) is 10.6. The van der Waals surface area contributed by atoms with Crippen LogP contribution in [0, 0.1) is 0 Å². The third-order valence-corrected chi connectivity index (χ3v) is 6.80. The van der Waals surface area contributed by atoms with Gasteiger partial charge in [0.1, 0.15) is 12.1 Å². The van der Waals surface area contributed by atoms with E-state index in [1.807, 2.05) is 85.8 Å². The lowest BCUT2D eigenvalue weighted by Gasteiger charge is -2.24. The van der Waals surface area contributed by atoms with E-state index in [1.165, 1.54) is 0 Å². The van der Waals surface area contributed by atoms with Crippen molar-refractivity contribution >= 4 is 17.8 Å². The Labute approximate surface area is 212 Å². The number of imide groups is 1. The number of carbonyl (C=O) groups is 3. The molecular weight excluding hydrogens is 450 g/mol. The Morgan fingerprint density at radius 2 is 1.50 bits per heavy atom. The summed E-state index contributed by atoms with van der Waals surface area (Å²) in [6, 6.07) is 24.9. The van der Waals surface area contributed by atoms with Gasteiger partial charge in [0.25, 0.3) is 5.91 Å². The van der Waals surface area contributed by atoms with Crippen LogP contribution in [0.3, 0.4) is 0 Å². The lowest BCUT2D eigenvalue weighted by Crippen LogP contribution is -2.43. The molecule has 2 N–H and O–H groups in total. The normalized spacial score (nSPS) is 18.6. The first-order chi connectivity index (χ1) is 17.0. The van der Waals surface area contributed by atoms with Crippen molar-refractivity contribution in [2.75, 3.05) is 6.54 Å². The van der Waals surface area contributed by atoms with Crippen molar-refractivity contribution in [3.8, 4) is 11.1 Å². The predicted octanol–water partition coefficient (Wildman–Crippen LogP) is 5.30. The van der Waals surface area contributed by atoms with Crippen LogP contribution in [0.15, 0.2) is 78.9 Å². The zero-order valence-electron chi connectivity index (χ0n) is 21.5. The number of amides is 4. The van der Waals surface area contributed by atoms with Crippen LogP contribution in [0.5, 0.6) is 0 Å². The number of benzene rings is 3. The van der Waals surface area contributed by atoms with Crippen molar-refractivity contribution in [1.29, 1.82) is 0 Å². The van der Waals surface area contributed by atoms with E-state index in [9.17, 15) is 14.4 Å². The Morgan fingerprint density at radius 3 is 2.08 bits per heavy atom. The van der Waals surface area contributed by atoms with E-state index in [0.717, 1.165) is 27.2 Å². The molecule has 1 aliphatic rings. The highest BCUT2D eigenvalue weighted by molar-refractivity contribution is 6.09. The number of carbonyl (C=O) groups excluding carboxylic acids is 3. The summed E-state index contributed by atoms with van der Waals surface area (Å²) >= 11 is 0. The molecule has 0 spiro atoms. The van der Waals surface area contributed by atoms with Gasteiger partial charge >= 0.3 is 6.03 Å². The molecule has 3 aromatic rings. The molecule has 6 heteroatoms. The molecule has 4 rings (SSSR count). The van der Waals surface area contributed by atoms with E-state index in [2.05, 4.69) is 31.4 Å². The fraction of sp³-hybridized carbons (Fsp3) is 0.300. The first-order valence-corrected chi connectivity index (χ1v) is 12.2. The summed E-state index contributed by atoms with van der Waals surface area (Å²) in [7, 11) is 0.